The predicted octanol–water partition coefficient (Wildman–Crippen LogP) is 0.00780. The van der Waals surface area contributed by atoms with Crippen molar-refractivity contribution in [2.24, 2.45) is 0 Å². The summed E-state index contributed by atoms with van der Waals surface area (Å²) in [5.41, 5.74) is 0. The quantitative estimate of drug-likeness (QED) is 0.508. The average Bonchev–Trinajstić information content (AvgIpc) is 3.06. The number of hydrogen-bond acceptors (Lipinski definition) is 8. The molecule has 3 N–H and O–H groups in total. The smallest absolute Gasteiger partial charge is 0.113 e. The van der Waals surface area contributed by atoms with E-state index >= 15 is 0 Å². The summed E-state index contributed by atoms with van der Waals surface area (Å²) in [5.74, 6) is 0. The van der Waals surface area contributed by atoms with Crippen LogP contribution in [0.15, 0.2) is 36.5 Å². The van der Waals surface area contributed by atoms with Crippen molar-refractivity contribution in [1.29, 1.82) is 0 Å². The highest BCUT2D eigenvalue weighted by molar-refractivity contribution is 5.12. The molecule has 5 rings (SSSR count). The first-order chi connectivity index (χ1) is 14.6. The van der Waals surface area contributed by atoms with E-state index < -0.39 is 36.6 Å². The fraction of sp³-hybridized carbons (Fsp3) is 0.727. The lowest BCUT2D eigenvalue weighted by molar-refractivity contribution is -0.286. The zero-order valence-electron chi connectivity index (χ0n) is 16.7. The van der Waals surface area contributed by atoms with Crippen molar-refractivity contribution < 1.29 is 39.0 Å². The summed E-state index contributed by atoms with van der Waals surface area (Å²) in [6.07, 6.45) is 8.18. The highest BCUT2D eigenvalue weighted by atomic mass is 16.6. The molecule has 166 valence electrons. The molecular weight excluding hydrogens is 392 g/mol. The van der Waals surface area contributed by atoms with Crippen molar-refractivity contribution in [2.75, 3.05) is 13.2 Å². The molecule has 0 radical (unpaired) electrons. The molecule has 0 aromatic carbocycles. The summed E-state index contributed by atoms with van der Waals surface area (Å²) in [6.45, 7) is 0.174. The molecule has 5 heterocycles. The summed E-state index contributed by atoms with van der Waals surface area (Å²) in [6, 6.07) is 0. The van der Waals surface area contributed by atoms with E-state index in [1.54, 1.807) is 6.08 Å². The van der Waals surface area contributed by atoms with Crippen molar-refractivity contribution in [3.63, 3.8) is 0 Å². The second kappa shape index (κ2) is 8.80. The van der Waals surface area contributed by atoms with Crippen LogP contribution in [-0.2, 0) is 23.7 Å². The normalized spacial score (nSPS) is 51.8. The van der Waals surface area contributed by atoms with Crippen LogP contribution in [-0.4, -0.2) is 95.7 Å². The monoisotopic (exact) mass is 422 g/mol. The minimum atomic E-state index is -0.862. The fourth-order valence-corrected chi connectivity index (χ4v) is 5.04. The topological polar surface area (TPSA) is 107 Å². The first-order valence-corrected chi connectivity index (χ1v) is 10.8. The van der Waals surface area contributed by atoms with Crippen LogP contribution in [0, 0.1) is 0 Å². The van der Waals surface area contributed by atoms with Gasteiger partial charge in [0.1, 0.15) is 42.7 Å². The van der Waals surface area contributed by atoms with E-state index in [0.29, 0.717) is 25.9 Å². The lowest BCUT2D eigenvalue weighted by atomic mass is 9.87. The summed E-state index contributed by atoms with van der Waals surface area (Å²) in [7, 11) is 0. The Morgan fingerprint density at radius 1 is 0.733 bits per heavy atom. The van der Waals surface area contributed by atoms with Gasteiger partial charge in [-0.15, -0.1) is 0 Å². The minimum absolute atomic E-state index is 0.200. The van der Waals surface area contributed by atoms with Crippen LogP contribution in [0.1, 0.15) is 19.3 Å². The Bertz CT molecular complexity index is 693. The van der Waals surface area contributed by atoms with Gasteiger partial charge in [-0.3, -0.25) is 0 Å². The number of aliphatic hydroxyl groups excluding tert-OH is 3. The molecule has 8 nitrogen and oxygen atoms in total. The maximum atomic E-state index is 10.9. The Kier molecular flexibility index (Phi) is 6.10. The molecule has 8 heteroatoms. The predicted molar refractivity (Wildman–Crippen MR) is 105 cm³/mol. The van der Waals surface area contributed by atoms with Crippen LogP contribution in [0.5, 0.6) is 0 Å². The maximum Gasteiger partial charge on any atom is 0.113 e. The average molecular weight is 422 g/mol. The molecule has 0 aromatic heterocycles. The first kappa shape index (κ1) is 20.8. The number of aliphatic hydroxyl groups is 3. The zero-order valence-corrected chi connectivity index (χ0v) is 16.7. The van der Waals surface area contributed by atoms with Gasteiger partial charge in [-0.05, 0) is 12.8 Å². The molecule has 6 unspecified atom stereocenters. The van der Waals surface area contributed by atoms with Crippen molar-refractivity contribution in [3.8, 4) is 0 Å². The molecule has 0 spiro atoms. The van der Waals surface area contributed by atoms with Gasteiger partial charge in [-0.1, -0.05) is 36.5 Å². The van der Waals surface area contributed by atoms with Gasteiger partial charge >= 0.3 is 0 Å². The van der Waals surface area contributed by atoms with Gasteiger partial charge in [0.2, 0.25) is 0 Å². The maximum absolute atomic E-state index is 10.9. The summed E-state index contributed by atoms with van der Waals surface area (Å²) < 4.78 is 30.7. The van der Waals surface area contributed by atoms with E-state index in [9.17, 15) is 15.3 Å². The minimum Gasteiger partial charge on any atom is -0.394 e. The Labute approximate surface area is 175 Å². The van der Waals surface area contributed by atoms with E-state index in [1.165, 1.54) is 0 Å². The molecule has 5 aliphatic heterocycles. The molecule has 30 heavy (non-hydrogen) atoms. The molecule has 0 saturated carbocycles. The van der Waals surface area contributed by atoms with E-state index in [2.05, 4.69) is 0 Å². The van der Waals surface area contributed by atoms with E-state index in [-0.39, 0.29) is 37.1 Å². The molecule has 2 fully saturated rings. The number of ether oxygens (including phenoxy) is 5. The van der Waals surface area contributed by atoms with Crippen LogP contribution >= 0.6 is 0 Å². The van der Waals surface area contributed by atoms with Gasteiger partial charge < -0.3 is 39.0 Å². The van der Waals surface area contributed by atoms with Gasteiger partial charge in [0.25, 0.3) is 0 Å². The molecule has 0 bridgehead atoms. The molecule has 2 saturated heterocycles. The fourth-order valence-electron chi connectivity index (χ4n) is 5.04. The molecule has 0 aliphatic carbocycles. The molecule has 11 atom stereocenters. The Morgan fingerprint density at radius 2 is 1.50 bits per heavy atom. The third kappa shape index (κ3) is 3.91. The lowest BCUT2D eigenvalue weighted by Gasteiger charge is -2.49. The Hall–Kier alpha value is -1.10. The van der Waals surface area contributed by atoms with Crippen molar-refractivity contribution in [2.45, 2.75) is 86.4 Å². The van der Waals surface area contributed by atoms with Gasteiger partial charge in [-0.25, -0.2) is 0 Å². The second-order valence-corrected chi connectivity index (χ2v) is 8.58. The summed E-state index contributed by atoms with van der Waals surface area (Å²) in [4.78, 5) is 0. The number of fused-ring (bicyclic) bond motifs is 4. The zero-order chi connectivity index (χ0) is 20.7. The summed E-state index contributed by atoms with van der Waals surface area (Å²) in [5, 5.41) is 30.6. The SMILES string of the molecule is OC[C@H]1O[C@H]2C=C[C@H]3O[C@@H]4C(CC3OC2C/C=C\C1O)OC1CC=CCO[C@@H]1C4O. The second-order valence-electron chi connectivity index (χ2n) is 8.58. The van der Waals surface area contributed by atoms with E-state index in [1.807, 2.05) is 30.4 Å². The number of rotatable bonds is 1. The van der Waals surface area contributed by atoms with Gasteiger partial charge in [0.05, 0.1) is 37.6 Å². The van der Waals surface area contributed by atoms with Gasteiger partial charge in [-0.2, -0.15) is 0 Å². The van der Waals surface area contributed by atoms with Crippen LogP contribution in [0.3, 0.4) is 0 Å². The first-order valence-electron chi connectivity index (χ1n) is 10.8. The molecule has 0 amide bonds. The van der Waals surface area contributed by atoms with Crippen molar-refractivity contribution >= 4 is 0 Å². The summed E-state index contributed by atoms with van der Waals surface area (Å²) >= 11 is 0. The van der Waals surface area contributed by atoms with Gasteiger partial charge in [0.15, 0.2) is 0 Å². The highest BCUT2D eigenvalue weighted by Gasteiger charge is 2.52. The highest BCUT2D eigenvalue weighted by Crippen LogP contribution is 2.38. The van der Waals surface area contributed by atoms with Crippen LogP contribution < -0.4 is 0 Å². The van der Waals surface area contributed by atoms with E-state index in [0.717, 1.165) is 0 Å². The third-order valence-electron chi connectivity index (χ3n) is 6.62. The Balaban J connectivity index is 1.34. The standard InChI is InChI=1S/C22H30O8/c23-11-19-12(24)4-3-6-13-14(28-19)7-8-15-17(27-13)10-18-22(30-15)20(25)21-16(29-18)5-1-2-9-26-21/h1-4,7-8,12-25H,5-6,9-11H2/b4-3-/t12?,13?,14-,15+,16?,17?,18?,19+,20?,21-,22+/m0/s1. The van der Waals surface area contributed by atoms with Crippen molar-refractivity contribution in [1.82, 2.24) is 0 Å². The third-order valence-corrected chi connectivity index (χ3v) is 6.62. The number of hydrogen-bond donors (Lipinski definition) is 3. The van der Waals surface area contributed by atoms with Crippen LogP contribution in [0.4, 0.5) is 0 Å². The van der Waals surface area contributed by atoms with E-state index in [4.69, 9.17) is 23.7 Å². The van der Waals surface area contributed by atoms with Crippen molar-refractivity contribution in [3.05, 3.63) is 36.5 Å². The van der Waals surface area contributed by atoms with Crippen LogP contribution in [0.2, 0.25) is 0 Å². The lowest BCUT2D eigenvalue weighted by Crippen LogP contribution is -2.63. The molecule has 5 aliphatic rings. The molecule has 0 aromatic rings. The van der Waals surface area contributed by atoms with Gasteiger partial charge in [0, 0.05) is 6.42 Å². The van der Waals surface area contributed by atoms with Crippen LogP contribution in [0.25, 0.3) is 0 Å². The Morgan fingerprint density at radius 3 is 2.33 bits per heavy atom. The largest absolute Gasteiger partial charge is 0.394 e. The molecular formula is C22H30O8.